The van der Waals surface area contributed by atoms with Crippen LogP contribution in [-0.4, -0.2) is 87.0 Å². The lowest BCUT2D eigenvalue weighted by atomic mass is 9.92. The summed E-state index contributed by atoms with van der Waals surface area (Å²) in [5.41, 5.74) is 3.30. The number of likely N-dealkylation sites (tertiary alicyclic amines) is 1. The molecule has 1 N–H and O–H groups in total. The molecule has 2 unspecified atom stereocenters. The van der Waals surface area contributed by atoms with Crippen molar-refractivity contribution in [2.45, 2.75) is 31.8 Å². The fourth-order valence-corrected chi connectivity index (χ4v) is 3.96. The summed E-state index contributed by atoms with van der Waals surface area (Å²) in [6.07, 6.45) is 3.10. The lowest BCUT2D eigenvalue weighted by molar-refractivity contribution is 0.112. The van der Waals surface area contributed by atoms with E-state index in [1.807, 2.05) is 19.2 Å². The van der Waals surface area contributed by atoms with Gasteiger partial charge in [0.15, 0.2) is 11.9 Å². The monoisotopic (exact) mass is 413 g/mol. The minimum atomic E-state index is 0.583. The van der Waals surface area contributed by atoms with E-state index in [0.29, 0.717) is 34.8 Å². The summed E-state index contributed by atoms with van der Waals surface area (Å²) < 4.78 is 5.78. The molecule has 1 aromatic heterocycles. The van der Waals surface area contributed by atoms with Crippen molar-refractivity contribution in [2.75, 3.05) is 58.8 Å². The number of likely N-dealkylation sites (N-methyl/N-ethyl adjacent to an activating group) is 2. The van der Waals surface area contributed by atoms with Gasteiger partial charge in [0.2, 0.25) is 0 Å². The standard InChI is InChI=1S/C14H17N3O2.C9H18N2/c1-16-6-3-7-17(9-8-16)14-15-13-11(10-18)4-2-5-12(13)19-14;1-7-6-11(4)9(7)5-8(2)10-3/h2,4-5,10H,3,6-9H2,1H3;8-10H,1,5-6H2,2-4H3. The normalized spacial score (nSPS) is 21.5. The molecule has 0 saturated carbocycles. The molecule has 7 nitrogen and oxygen atoms in total. The summed E-state index contributed by atoms with van der Waals surface area (Å²) in [6, 6.07) is 7.27. The van der Waals surface area contributed by atoms with E-state index in [1.165, 1.54) is 12.0 Å². The third kappa shape index (κ3) is 5.28. The van der Waals surface area contributed by atoms with E-state index >= 15 is 0 Å². The van der Waals surface area contributed by atoms with E-state index in [2.05, 4.69) is 52.6 Å². The lowest BCUT2D eigenvalue weighted by Gasteiger charge is -2.41. The van der Waals surface area contributed by atoms with Gasteiger partial charge in [-0.15, -0.1) is 0 Å². The molecule has 3 heterocycles. The molecule has 0 bridgehead atoms. The minimum absolute atomic E-state index is 0.583. The molecule has 4 rings (SSSR count). The number of hydrogen-bond donors (Lipinski definition) is 1. The number of nitrogens with zero attached hydrogens (tertiary/aromatic N) is 4. The highest BCUT2D eigenvalue weighted by atomic mass is 16.4. The molecule has 2 aromatic rings. The van der Waals surface area contributed by atoms with Gasteiger partial charge in [-0.05, 0) is 65.2 Å². The number of carbonyl (C=O) groups excluding carboxylic acids is 1. The van der Waals surface area contributed by atoms with Gasteiger partial charge in [0, 0.05) is 43.8 Å². The number of fused-ring (bicyclic) bond motifs is 1. The lowest BCUT2D eigenvalue weighted by Crippen LogP contribution is -2.49. The zero-order valence-electron chi connectivity index (χ0n) is 18.7. The Bertz CT molecular complexity index is 864. The van der Waals surface area contributed by atoms with Crippen LogP contribution in [0.5, 0.6) is 0 Å². The third-order valence-electron chi connectivity index (χ3n) is 6.08. The smallest absolute Gasteiger partial charge is 0.298 e. The highest BCUT2D eigenvalue weighted by Crippen LogP contribution is 2.25. The van der Waals surface area contributed by atoms with Gasteiger partial charge in [0.1, 0.15) is 5.52 Å². The number of aromatic nitrogens is 1. The van der Waals surface area contributed by atoms with Gasteiger partial charge in [0.25, 0.3) is 6.01 Å². The summed E-state index contributed by atoms with van der Waals surface area (Å²) >= 11 is 0. The van der Waals surface area contributed by atoms with Gasteiger partial charge in [-0.2, -0.15) is 4.98 Å². The Morgan fingerprint density at radius 1 is 1.30 bits per heavy atom. The highest BCUT2D eigenvalue weighted by Gasteiger charge is 2.29. The number of carbonyl (C=O) groups is 1. The fourth-order valence-electron chi connectivity index (χ4n) is 3.96. The predicted molar refractivity (Wildman–Crippen MR) is 122 cm³/mol. The van der Waals surface area contributed by atoms with Crippen LogP contribution in [0.4, 0.5) is 6.01 Å². The first kappa shape index (κ1) is 22.5. The maximum absolute atomic E-state index is 11.0. The number of para-hydroxylation sites is 1. The van der Waals surface area contributed by atoms with Gasteiger partial charge < -0.3 is 19.5 Å². The van der Waals surface area contributed by atoms with E-state index in [-0.39, 0.29) is 0 Å². The van der Waals surface area contributed by atoms with E-state index in [4.69, 9.17) is 4.42 Å². The van der Waals surface area contributed by atoms with Crippen molar-refractivity contribution in [1.82, 2.24) is 20.1 Å². The maximum atomic E-state index is 11.0. The fraction of sp³-hybridized carbons (Fsp3) is 0.565. The molecule has 2 atom stereocenters. The molecule has 30 heavy (non-hydrogen) atoms. The third-order valence-corrected chi connectivity index (χ3v) is 6.08. The molecular weight excluding hydrogens is 378 g/mol. The van der Waals surface area contributed by atoms with E-state index in [0.717, 1.165) is 45.4 Å². The van der Waals surface area contributed by atoms with Crippen molar-refractivity contribution in [3.05, 3.63) is 35.9 Å². The number of oxazole rings is 1. The Morgan fingerprint density at radius 3 is 2.77 bits per heavy atom. The summed E-state index contributed by atoms with van der Waals surface area (Å²) in [5.74, 6) is 0. The van der Waals surface area contributed by atoms with Crippen molar-refractivity contribution >= 4 is 23.4 Å². The predicted octanol–water partition coefficient (Wildman–Crippen LogP) is 2.64. The molecule has 2 fully saturated rings. The highest BCUT2D eigenvalue weighted by molar-refractivity contribution is 5.93. The van der Waals surface area contributed by atoms with Crippen molar-refractivity contribution in [1.29, 1.82) is 0 Å². The quantitative estimate of drug-likeness (QED) is 0.597. The van der Waals surface area contributed by atoms with E-state index in [1.54, 1.807) is 6.07 Å². The zero-order valence-corrected chi connectivity index (χ0v) is 18.7. The Kier molecular flexibility index (Phi) is 7.64. The second kappa shape index (κ2) is 10.2. The van der Waals surface area contributed by atoms with Crippen LogP contribution in [0.1, 0.15) is 30.1 Å². The first-order chi connectivity index (χ1) is 14.4. The van der Waals surface area contributed by atoms with Crippen LogP contribution in [0, 0.1) is 0 Å². The molecule has 7 heteroatoms. The van der Waals surface area contributed by atoms with Gasteiger partial charge in [0.05, 0.1) is 0 Å². The van der Waals surface area contributed by atoms with E-state index in [9.17, 15) is 4.79 Å². The largest absolute Gasteiger partial charge is 0.423 e. The van der Waals surface area contributed by atoms with Gasteiger partial charge in [-0.25, -0.2) is 0 Å². The first-order valence-corrected chi connectivity index (χ1v) is 10.8. The molecule has 0 aliphatic carbocycles. The average Bonchev–Trinajstić information content (AvgIpc) is 3.07. The van der Waals surface area contributed by atoms with Crippen molar-refractivity contribution < 1.29 is 9.21 Å². The van der Waals surface area contributed by atoms with Crippen LogP contribution < -0.4 is 10.2 Å². The zero-order chi connectivity index (χ0) is 21.7. The van der Waals surface area contributed by atoms with Gasteiger partial charge in [-0.1, -0.05) is 12.6 Å². The topological polar surface area (TPSA) is 64.8 Å². The number of rotatable bonds is 5. The molecule has 164 valence electrons. The first-order valence-electron chi connectivity index (χ1n) is 10.8. The summed E-state index contributed by atoms with van der Waals surface area (Å²) in [5, 5.41) is 3.24. The average molecular weight is 414 g/mol. The maximum Gasteiger partial charge on any atom is 0.298 e. The molecular formula is C23H35N5O2. The summed E-state index contributed by atoms with van der Waals surface area (Å²) in [4.78, 5) is 22.3. The number of benzene rings is 1. The number of anilines is 1. The van der Waals surface area contributed by atoms with Crippen LogP contribution in [0.15, 0.2) is 34.8 Å². The second-order valence-corrected chi connectivity index (χ2v) is 8.47. The summed E-state index contributed by atoms with van der Waals surface area (Å²) in [7, 11) is 6.29. The van der Waals surface area contributed by atoms with Crippen molar-refractivity contribution in [3.8, 4) is 0 Å². The Hall–Kier alpha value is -2.22. The van der Waals surface area contributed by atoms with Crippen LogP contribution in [0.25, 0.3) is 11.1 Å². The molecule has 2 aliphatic rings. The van der Waals surface area contributed by atoms with Gasteiger partial charge in [-0.3, -0.25) is 9.69 Å². The molecule has 0 radical (unpaired) electrons. The number of hydrogen-bond acceptors (Lipinski definition) is 7. The van der Waals surface area contributed by atoms with Crippen LogP contribution in [0.2, 0.25) is 0 Å². The van der Waals surface area contributed by atoms with Crippen LogP contribution >= 0.6 is 0 Å². The van der Waals surface area contributed by atoms with Crippen LogP contribution in [0.3, 0.4) is 0 Å². The Labute approximate surface area is 179 Å². The summed E-state index contributed by atoms with van der Waals surface area (Å²) in [6.45, 7) is 11.2. The van der Waals surface area contributed by atoms with Crippen LogP contribution in [-0.2, 0) is 0 Å². The van der Waals surface area contributed by atoms with Crippen molar-refractivity contribution in [2.24, 2.45) is 0 Å². The van der Waals surface area contributed by atoms with Gasteiger partial charge >= 0.3 is 0 Å². The molecule has 0 amide bonds. The molecule has 1 aromatic carbocycles. The molecule has 2 aliphatic heterocycles. The minimum Gasteiger partial charge on any atom is -0.423 e. The molecule has 0 spiro atoms. The Balaban J connectivity index is 0.000000199. The number of aldehydes is 1. The number of nitrogens with one attached hydrogen (secondary N) is 1. The Morgan fingerprint density at radius 2 is 2.10 bits per heavy atom. The second-order valence-electron chi connectivity index (χ2n) is 8.47. The molecule has 2 saturated heterocycles. The van der Waals surface area contributed by atoms with E-state index < -0.39 is 0 Å². The SMILES string of the molecule is C=C1CN(C)C1CC(C)NC.CN1CCCN(c2nc3c(C=O)cccc3o2)CC1. The van der Waals surface area contributed by atoms with Crippen molar-refractivity contribution in [3.63, 3.8) is 0 Å².